The van der Waals surface area contributed by atoms with E-state index in [2.05, 4.69) is 6.07 Å². The van der Waals surface area contributed by atoms with E-state index in [1.54, 1.807) is 37.9 Å². The van der Waals surface area contributed by atoms with Crippen LogP contribution in [0.25, 0.3) is 0 Å². The zero-order valence-corrected chi connectivity index (χ0v) is 18.0. The van der Waals surface area contributed by atoms with Crippen LogP contribution in [0, 0.1) is 16.7 Å². The number of fused-ring (bicyclic) bond motifs is 2. The Morgan fingerprint density at radius 1 is 1.31 bits per heavy atom. The molecule has 0 aliphatic carbocycles. The average molecular weight is 434 g/mol. The first-order valence-corrected chi connectivity index (χ1v) is 11.2. The van der Waals surface area contributed by atoms with Crippen LogP contribution in [-0.4, -0.2) is 52.3 Å². The van der Waals surface area contributed by atoms with Crippen LogP contribution < -0.4 is 14.2 Å². The summed E-state index contributed by atoms with van der Waals surface area (Å²) >= 11 is 5.79. The fourth-order valence-electron chi connectivity index (χ4n) is 5.19. The van der Waals surface area contributed by atoms with Gasteiger partial charge < -0.3 is 24.0 Å². The Kier molecular flexibility index (Phi) is 3.47. The van der Waals surface area contributed by atoms with E-state index in [1.165, 1.54) is 12.0 Å². The van der Waals surface area contributed by atoms with E-state index in [4.69, 9.17) is 25.4 Å². The van der Waals surface area contributed by atoms with Crippen molar-refractivity contribution in [3.63, 3.8) is 0 Å². The largest absolute Gasteiger partial charge is 0.492 e. The van der Waals surface area contributed by atoms with Crippen LogP contribution in [0.2, 0.25) is 0 Å². The van der Waals surface area contributed by atoms with E-state index < -0.39 is 30.7 Å². The SMILES string of the molecule is COc1c(C2N3C(=O)[C@@]4(C)N(C)C(=O)[C@]3(C[C@]2(C)C#N)S4=S)ccc2c1OCO2. The molecule has 3 fully saturated rings. The molecular formula is C19H19N3O5S2. The van der Waals surface area contributed by atoms with E-state index in [9.17, 15) is 14.9 Å². The first kappa shape index (κ1) is 18.6. The van der Waals surface area contributed by atoms with Crippen LogP contribution in [0.1, 0.15) is 31.9 Å². The van der Waals surface area contributed by atoms with Crippen LogP contribution in [0.5, 0.6) is 17.2 Å². The second kappa shape index (κ2) is 5.40. The third-order valence-electron chi connectivity index (χ3n) is 6.70. The smallest absolute Gasteiger partial charge is 0.261 e. The Labute approximate surface area is 174 Å². The molecule has 1 spiro atoms. The molecule has 0 saturated carbocycles. The minimum Gasteiger partial charge on any atom is -0.492 e. The van der Waals surface area contributed by atoms with Crippen LogP contribution in [0.4, 0.5) is 0 Å². The maximum Gasteiger partial charge on any atom is 0.261 e. The number of carbonyl (C=O) groups is 2. The lowest BCUT2D eigenvalue weighted by molar-refractivity contribution is -0.159. The van der Waals surface area contributed by atoms with Crippen molar-refractivity contribution in [1.29, 1.82) is 5.26 Å². The third-order valence-corrected chi connectivity index (χ3v) is 10.8. The second-order valence-corrected chi connectivity index (χ2v) is 11.1. The lowest BCUT2D eigenvalue weighted by Crippen LogP contribution is -2.60. The third kappa shape index (κ3) is 1.78. The predicted molar refractivity (Wildman–Crippen MR) is 106 cm³/mol. The van der Waals surface area contributed by atoms with Gasteiger partial charge in [-0.3, -0.25) is 9.59 Å². The predicted octanol–water partition coefficient (Wildman–Crippen LogP) is 1.21. The summed E-state index contributed by atoms with van der Waals surface area (Å²) in [7, 11) is 2.13. The number of nitriles is 1. The van der Waals surface area contributed by atoms with Crippen molar-refractivity contribution in [1.82, 2.24) is 9.80 Å². The van der Waals surface area contributed by atoms with E-state index >= 15 is 0 Å². The molecule has 3 saturated heterocycles. The van der Waals surface area contributed by atoms with Gasteiger partial charge in [0.05, 0.1) is 24.6 Å². The highest BCUT2D eigenvalue weighted by Gasteiger charge is 2.81. The van der Waals surface area contributed by atoms with Crippen LogP contribution in [0.3, 0.4) is 0 Å². The molecule has 2 amide bonds. The zero-order valence-electron chi connectivity index (χ0n) is 16.3. The number of nitrogens with zero attached hydrogens (tertiary/aromatic N) is 3. The molecule has 4 aliphatic heterocycles. The Balaban J connectivity index is 1.78. The number of amides is 2. The van der Waals surface area contributed by atoms with Gasteiger partial charge in [-0.2, -0.15) is 5.26 Å². The molecule has 5 rings (SSSR count). The molecular weight excluding hydrogens is 414 g/mol. The molecule has 8 nitrogen and oxygen atoms in total. The fraction of sp³-hybridized carbons (Fsp3) is 0.526. The van der Waals surface area contributed by atoms with E-state index in [0.717, 1.165) is 0 Å². The van der Waals surface area contributed by atoms with Crippen molar-refractivity contribution in [2.75, 3.05) is 21.0 Å². The number of likely N-dealkylation sites (N-methyl/N-ethyl adjacent to an activating group) is 1. The number of hydrogen-bond donors (Lipinski definition) is 0. The second-order valence-electron chi connectivity index (χ2n) is 8.11. The first-order valence-electron chi connectivity index (χ1n) is 9.10. The van der Waals surface area contributed by atoms with Gasteiger partial charge in [0.25, 0.3) is 11.8 Å². The van der Waals surface area contributed by atoms with Gasteiger partial charge in [0.15, 0.2) is 21.2 Å². The molecule has 4 aliphatic rings. The van der Waals surface area contributed by atoms with E-state index in [-0.39, 0.29) is 25.0 Å². The maximum atomic E-state index is 13.6. The van der Waals surface area contributed by atoms with Crippen molar-refractivity contribution in [2.45, 2.75) is 36.1 Å². The molecule has 152 valence electrons. The van der Waals surface area contributed by atoms with E-state index in [1.807, 2.05) is 0 Å². The van der Waals surface area contributed by atoms with Crippen molar-refractivity contribution in [2.24, 2.45) is 5.41 Å². The molecule has 4 heterocycles. The number of methoxy groups -OCH3 is 1. The summed E-state index contributed by atoms with van der Waals surface area (Å²) in [5, 5.41) is 10.1. The van der Waals surface area contributed by atoms with Gasteiger partial charge in [-0.05, 0) is 37.2 Å². The Bertz CT molecular complexity index is 1070. The first-order chi connectivity index (χ1) is 13.7. The van der Waals surface area contributed by atoms with Crippen molar-refractivity contribution < 1.29 is 23.8 Å². The van der Waals surface area contributed by atoms with Gasteiger partial charge in [-0.15, -0.1) is 0 Å². The van der Waals surface area contributed by atoms with Gasteiger partial charge in [-0.1, -0.05) is 9.45 Å². The van der Waals surface area contributed by atoms with Crippen LogP contribution >= 0.6 is 0 Å². The summed E-state index contributed by atoms with van der Waals surface area (Å²) in [5.41, 5.74) is -0.410. The van der Waals surface area contributed by atoms with Crippen molar-refractivity contribution in [3.05, 3.63) is 17.7 Å². The summed E-state index contributed by atoms with van der Waals surface area (Å²) in [6, 6.07) is 5.20. The van der Waals surface area contributed by atoms with Gasteiger partial charge in [0, 0.05) is 19.0 Å². The minimum atomic E-state index is -1.19. The van der Waals surface area contributed by atoms with Gasteiger partial charge in [0.2, 0.25) is 12.5 Å². The van der Waals surface area contributed by atoms with Crippen molar-refractivity contribution >= 4 is 32.5 Å². The number of hydrogen-bond acceptors (Lipinski definition) is 7. The van der Waals surface area contributed by atoms with Gasteiger partial charge >= 0.3 is 0 Å². The molecule has 0 aromatic heterocycles. The molecule has 5 atom stereocenters. The number of ether oxygens (including phenoxy) is 3. The Morgan fingerprint density at radius 2 is 2.03 bits per heavy atom. The summed E-state index contributed by atoms with van der Waals surface area (Å²) in [4.78, 5) is 27.7. The molecule has 2 bridgehead atoms. The highest BCUT2D eigenvalue weighted by molar-refractivity contribution is 8.31. The minimum absolute atomic E-state index is 0.0683. The molecule has 0 radical (unpaired) electrons. The normalized spacial score (nSPS) is 39.1. The van der Waals surface area contributed by atoms with E-state index in [0.29, 0.717) is 22.8 Å². The highest BCUT2D eigenvalue weighted by Crippen LogP contribution is 2.66. The summed E-state index contributed by atoms with van der Waals surface area (Å²) in [6.07, 6.45) is 0.190. The molecule has 10 heteroatoms. The zero-order chi connectivity index (χ0) is 20.9. The van der Waals surface area contributed by atoms with Crippen molar-refractivity contribution in [3.8, 4) is 23.3 Å². The Morgan fingerprint density at radius 3 is 2.69 bits per heavy atom. The molecule has 1 aromatic rings. The van der Waals surface area contributed by atoms with Crippen LogP contribution in [-0.2, 0) is 30.2 Å². The number of carbonyl (C=O) groups excluding carboxylic acids is 2. The number of piperazine rings is 1. The number of rotatable bonds is 2. The fourth-order valence-corrected chi connectivity index (χ4v) is 8.71. The van der Waals surface area contributed by atoms with Gasteiger partial charge in [0.1, 0.15) is 0 Å². The molecule has 29 heavy (non-hydrogen) atoms. The summed E-state index contributed by atoms with van der Waals surface area (Å²) in [5.74, 6) is 0.977. The Hall–Kier alpha value is -2.38. The lowest BCUT2D eigenvalue weighted by atomic mass is 9.79. The molecule has 0 N–H and O–H groups in total. The quantitative estimate of drug-likeness (QED) is 0.692. The topological polar surface area (TPSA) is 92.1 Å². The van der Waals surface area contributed by atoms with Gasteiger partial charge in [-0.25, -0.2) is 0 Å². The maximum absolute atomic E-state index is 13.6. The van der Waals surface area contributed by atoms with Crippen LogP contribution in [0.15, 0.2) is 12.1 Å². The summed E-state index contributed by atoms with van der Waals surface area (Å²) < 4.78 is 16.6. The highest BCUT2D eigenvalue weighted by atomic mass is 32.8. The molecule has 1 aromatic carbocycles. The monoisotopic (exact) mass is 433 g/mol. The number of benzene rings is 1. The lowest BCUT2D eigenvalue weighted by Gasteiger charge is -2.40. The summed E-state index contributed by atoms with van der Waals surface area (Å²) in [6.45, 7) is 3.57. The molecule has 2 unspecified atom stereocenters. The standard InChI is InChI=1S/C19H19N3O5S2/c1-17(8-20)7-19-16(24)21(3)18(2,29(19)28)15(23)22(19)14(17)10-5-6-11-13(12(10)25-4)27-9-26-11/h5-6,14H,7,9H2,1-4H3/t14?,17-,18+,19+,29?/m1/s1. The average Bonchev–Trinajstić information content (AvgIpc) is 3.37.